The largest absolute Gasteiger partial charge is 0.479 e. The first kappa shape index (κ1) is 14.1. The van der Waals surface area contributed by atoms with E-state index in [0.717, 1.165) is 0 Å². The Morgan fingerprint density at radius 1 is 1.47 bits per heavy atom. The van der Waals surface area contributed by atoms with Gasteiger partial charge in [0.2, 0.25) is 0 Å². The average molecular weight is 236 g/mol. The highest BCUT2D eigenvalue weighted by molar-refractivity contribution is 7.99. The molecule has 0 aliphatic carbocycles. The minimum Gasteiger partial charge on any atom is -0.479 e. The van der Waals surface area contributed by atoms with Crippen LogP contribution in [0.15, 0.2) is 0 Å². The Bertz CT molecular complexity index is 233. The molecule has 0 heterocycles. The van der Waals surface area contributed by atoms with Crippen LogP contribution < -0.4 is 10.8 Å². The number of aliphatic carboxylic acids is 1. The number of hydrogen-bond donors (Lipinski definition) is 3. The predicted octanol–water partition coefficient (Wildman–Crippen LogP) is 0.443. The molecule has 0 spiro atoms. The maximum absolute atomic E-state index is 11.0. The van der Waals surface area contributed by atoms with Gasteiger partial charge in [-0.15, -0.1) is 0 Å². The van der Waals surface area contributed by atoms with Crippen molar-refractivity contribution in [2.45, 2.75) is 18.6 Å². The van der Waals surface area contributed by atoms with Crippen molar-refractivity contribution in [2.75, 3.05) is 19.4 Å². The van der Waals surface area contributed by atoms with Crippen molar-refractivity contribution >= 4 is 23.8 Å². The van der Waals surface area contributed by atoms with E-state index in [1.54, 1.807) is 11.8 Å². The van der Waals surface area contributed by atoms with Gasteiger partial charge in [0.1, 0.15) is 0 Å². The summed E-state index contributed by atoms with van der Waals surface area (Å²) in [4.78, 5) is 25.5. The second-order valence-corrected chi connectivity index (χ2v) is 4.94. The van der Waals surface area contributed by atoms with Crippen LogP contribution in [0, 0.1) is 0 Å². The molecule has 2 amide bonds. The smallest absolute Gasteiger partial charge is 0.338 e. The van der Waals surface area contributed by atoms with E-state index in [2.05, 4.69) is 10.2 Å². The summed E-state index contributed by atoms with van der Waals surface area (Å²) in [5.41, 5.74) is 1.97. The van der Waals surface area contributed by atoms with Gasteiger partial charge in [-0.25, -0.2) is 15.1 Å². The summed E-state index contributed by atoms with van der Waals surface area (Å²) < 4.78 is -0.0653. The van der Waals surface area contributed by atoms with E-state index in [0.29, 0.717) is 6.54 Å². The van der Waals surface area contributed by atoms with Crippen molar-refractivity contribution < 1.29 is 19.5 Å². The molecule has 7 heteroatoms. The molecule has 0 aliphatic heterocycles. The van der Waals surface area contributed by atoms with Crippen LogP contribution in [-0.2, 0) is 9.63 Å². The summed E-state index contributed by atoms with van der Waals surface area (Å²) in [6, 6.07) is -0.543. The summed E-state index contributed by atoms with van der Waals surface area (Å²) >= 11 is 1.62. The maximum Gasteiger partial charge on any atom is 0.338 e. The summed E-state index contributed by atoms with van der Waals surface area (Å²) in [5.74, 6) is -1.14. The topological polar surface area (TPSA) is 87.7 Å². The summed E-state index contributed by atoms with van der Waals surface area (Å²) in [7, 11) is 0. The van der Waals surface area contributed by atoms with Gasteiger partial charge in [0.25, 0.3) is 0 Å². The number of amides is 2. The SMILES string of the molecule is CSC(C)(C)CNC(=O)NOCC(=O)O. The molecule has 0 saturated heterocycles. The fourth-order valence-electron chi connectivity index (χ4n) is 0.565. The third kappa shape index (κ3) is 8.07. The van der Waals surface area contributed by atoms with E-state index < -0.39 is 18.6 Å². The van der Waals surface area contributed by atoms with Gasteiger partial charge in [0, 0.05) is 11.3 Å². The molecule has 15 heavy (non-hydrogen) atoms. The van der Waals surface area contributed by atoms with E-state index in [4.69, 9.17) is 5.11 Å². The molecule has 0 aliphatic rings. The highest BCUT2D eigenvalue weighted by Crippen LogP contribution is 2.19. The standard InChI is InChI=1S/C8H16N2O4S/c1-8(2,15-3)5-9-7(13)10-14-4-6(11)12/h4-5H2,1-3H3,(H,11,12)(H2,9,10,13). The number of rotatable bonds is 6. The van der Waals surface area contributed by atoms with Crippen LogP contribution in [0.2, 0.25) is 0 Å². The number of urea groups is 1. The number of carbonyl (C=O) groups excluding carboxylic acids is 1. The number of carboxylic acids is 1. The lowest BCUT2D eigenvalue weighted by atomic mass is 10.2. The number of carbonyl (C=O) groups is 2. The van der Waals surface area contributed by atoms with E-state index in [1.165, 1.54) is 0 Å². The fourth-order valence-corrected chi connectivity index (χ4v) is 0.781. The van der Waals surface area contributed by atoms with Crippen molar-refractivity contribution in [1.82, 2.24) is 10.8 Å². The first-order chi connectivity index (χ1) is 6.87. The second-order valence-electron chi connectivity index (χ2n) is 3.43. The van der Waals surface area contributed by atoms with Crippen LogP contribution in [0.5, 0.6) is 0 Å². The molecule has 0 rings (SSSR count). The quantitative estimate of drug-likeness (QED) is 0.583. The molecule has 0 fully saturated rings. The normalized spacial score (nSPS) is 10.9. The van der Waals surface area contributed by atoms with Crippen LogP contribution in [0.3, 0.4) is 0 Å². The highest BCUT2D eigenvalue weighted by Gasteiger charge is 2.16. The van der Waals surface area contributed by atoms with Gasteiger partial charge >= 0.3 is 12.0 Å². The summed E-state index contributed by atoms with van der Waals surface area (Å²) in [6.45, 7) is 3.88. The molecule has 0 bridgehead atoms. The Balaban J connectivity index is 3.62. The van der Waals surface area contributed by atoms with E-state index in [1.807, 2.05) is 25.6 Å². The molecule has 0 saturated carbocycles. The molecule has 0 aromatic heterocycles. The zero-order valence-electron chi connectivity index (χ0n) is 8.99. The van der Waals surface area contributed by atoms with Crippen molar-refractivity contribution in [3.63, 3.8) is 0 Å². The van der Waals surface area contributed by atoms with Gasteiger partial charge in [-0.2, -0.15) is 11.8 Å². The Labute approximate surface area is 92.7 Å². The van der Waals surface area contributed by atoms with Crippen molar-refractivity contribution in [3.8, 4) is 0 Å². The van der Waals surface area contributed by atoms with Crippen molar-refractivity contribution in [1.29, 1.82) is 0 Å². The third-order valence-corrected chi connectivity index (χ3v) is 2.84. The summed E-state index contributed by atoms with van der Waals surface area (Å²) in [6.07, 6.45) is 1.94. The molecule has 0 unspecified atom stereocenters. The number of carboxylic acid groups (broad SMARTS) is 1. The van der Waals surface area contributed by atoms with Crippen molar-refractivity contribution in [2.24, 2.45) is 0 Å². The third-order valence-electron chi connectivity index (χ3n) is 1.59. The van der Waals surface area contributed by atoms with Gasteiger partial charge in [0.05, 0.1) is 0 Å². The number of hydroxylamine groups is 1. The number of hydrogen-bond acceptors (Lipinski definition) is 4. The van der Waals surface area contributed by atoms with Crippen LogP contribution in [0.25, 0.3) is 0 Å². The fraction of sp³-hybridized carbons (Fsp3) is 0.750. The van der Waals surface area contributed by atoms with Crippen LogP contribution in [0.4, 0.5) is 4.79 Å². The van der Waals surface area contributed by atoms with Crippen LogP contribution >= 0.6 is 11.8 Å². The molecule has 0 atom stereocenters. The summed E-state index contributed by atoms with van der Waals surface area (Å²) in [5, 5.41) is 10.8. The van der Waals surface area contributed by atoms with E-state index in [-0.39, 0.29) is 4.75 Å². The first-order valence-electron chi connectivity index (χ1n) is 4.30. The first-order valence-corrected chi connectivity index (χ1v) is 5.52. The molecular weight excluding hydrogens is 220 g/mol. The molecule has 0 radical (unpaired) electrons. The lowest BCUT2D eigenvalue weighted by Crippen LogP contribution is -2.42. The number of thioether (sulfide) groups is 1. The van der Waals surface area contributed by atoms with Crippen LogP contribution in [-0.4, -0.2) is 41.3 Å². The molecule has 88 valence electrons. The van der Waals surface area contributed by atoms with E-state index >= 15 is 0 Å². The minimum absolute atomic E-state index is 0.0653. The minimum atomic E-state index is -1.14. The molecule has 6 nitrogen and oxygen atoms in total. The Morgan fingerprint density at radius 3 is 2.53 bits per heavy atom. The number of nitrogens with one attached hydrogen (secondary N) is 2. The van der Waals surface area contributed by atoms with E-state index in [9.17, 15) is 9.59 Å². The Hall–Kier alpha value is -0.950. The van der Waals surface area contributed by atoms with Gasteiger partial charge in [-0.3, -0.25) is 4.84 Å². The van der Waals surface area contributed by atoms with Gasteiger partial charge < -0.3 is 10.4 Å². The molecule has 3 N–H and O–H groups in total. The molecule has 0 aromatic rings. The van der Waals surface area contributed by atoms with Crippen LogP contribution in [0.1, 0.15) is 13.8 Å². The highest BCUT2D eigenvalue weighted by atomic mass is 32.2. The lowest BCUT2D eigenvalue weighted by molar-refractivity contribution is -0.144. The van der Waals surface area contributed by atoms with Crippen molar-refractivity contribution in [3.05, 3.63) is 0 Å². The van der Waals surface area contributed by atoms with Gasteiger partial charge in [-0.1, -0.05) is 0 Å². The maximum atomic E-state index is 11.0. The monoisotopic (exact) mass is 236 g/mol. The van der Waals surface area contributed by atoms with Gasteiger partial charge in [0.15, 0.2) is 6.61 Å². The Kier molecular flexibility index (Phi) is 6.11. The molecule has 0 aromatic carbocycles. The average Bonchev–Trinajstić information content (AvgIpc) is 2.14. The predicted molar refractivity (Wildman–Crippen MR) is 57.7 cm³/mol. The zero-order chi connectivity index (χ0) is 11.9. The molecular formula is C8H16N2O4S. The second kappa shape index (κ2) is 6.52. The lowest BCUT2D eigenvalue weighted by Gasteiger charge is -2.22. The zero-order valence-corrected chi connectivity index (χ0v) is 9.81. The Morgan fingerprint density at radius 2 is 2.07 bits per heavy atom. The van der Waals surface area contributed by atoms with Gasteiger partial charge in [-0.05, 0) is 20.1 Å².